The van der Waals surface area contributed by atoms with E-state index in [0.717, 1.165) is 0 Å². The molecule has 1 aromatic carbocycles. The molecule has 6 unspecified atom stereocenters. The van der Waals surface area contributed by atoms with Gasteiger partial charge in [-0.15, -0.1) is 0 Å². The number of phenols is 1. The minimum atomic E-state index is -2.95. The van der Waals surface area contributed by atoms with Gasteiger partial charge in [-0.2, -0.15) is 0 Å². The number of benzene rings is 1. The van der Waals surface area contributed by atoms with Gasteiger partial charge in [-0.05, 0) is 23.7 Å². The standard InChI is InChI=1S/C22H24N2O8/c1-3-24-15-14-17(27)10-7(2)8-5-4-6-9(25)11(8)16(26)12(10)19(29)22(14,32)20(30)13(18(15)28)21(23)31/h4-6,10,13-15,17-18,24-28,32H,2-3H2,1H3,(H2,23,31)/t10?,13?,14?,15-,17?,18?,22?/m0/s1. The van der Waals surface area contributed by atoms with E-state index in [1.165, 1.54) is 18.2 Å². The van der Waals surface area contributed by atoms with E-state index in [1.54, 1.807) is 6.92 Å². The van der Waals surface area contributed by atoms with E-state index < -0.39 is 70.4 Å². The maximum absolute atomic E-state index is 13.6. The molecule has 170 valence electrons. The number of nitrogens with two attached hydrogens (primary N) is 1. The summed E-state index contributed by atoms with van der Waals surface area (Å²) >= 11 is 0. The normalized spacial score (nSPS) is 36.4. The van der Waals surface area contributed by atoms with E-state index in [0.29, 0.717) is 0 Å². The second kappa shape index (κ2) is 7.24. The van der Waals surface area contributed by atoms with Crippen LogP contribution in [0.15, 0.2) is 30.4 Å². The molecule has 3 aliphatic carbocycles. The highest BCUT2D eigenvalue weighted by Gasteiger charge is 2.70. The Morgan fingerprint density at radius 1 is 1.22 bits per heavy atom. The van der Waals surface area contributed by atoms with Gasteiger partial charge < -0.3 is 36.6 Å². The van der Waals surface area contributed by atoms with E-state index >= 15 is 0 Å². The van der Waals surface area contributed by atoms with Crippen molar-refractivity contribution in [2.75, 3.05) is 6.54 Å². The number of phenolic OH excluding ortho intramolecular Hbond substituents is 1. The first-order valence-corrected chi connectivity index (χ1v) is 10.1. The van der Waals surface area contributed by atoms with E-state index in [-0.39, 0.29) is 29.0 Å². The van der Waals surface area contributed by atoms with Crippen molar-refractivity contribution in [3.63, 3.8) is 0 Å². The Balaban J connectivity index is 2.00. The molecule has 10 nitrogen and oxygen atoms in total. The molecule has 0 heterocycles. The summed E-state index contributed by atoms with van der Waals surface area (Å²) in [7, 11) is 0. The van der Waals surface area contributed by atoms with Crippen LogP contribution >= 0.6 is 0 Å². The molecule has 0 saturated heterocycles. The van der Waals surface area contributed by atoms with Gasteiger partial charge >= 0.3 is 0 Å². The third-order valence-electron chi connectivity index (χ3n) is 6.85. The Kier molecular flexibility index (Phi) is 5.01. The SMILES string of the molecule is C=C1c2cccc(O)c2C(O)=C2C(=O)C3(O)C(=O)C(C(N)=O)C(O)[C@@H](NCC)C3C(O)C12. The molecule has 8 N–H and O–H groups in total. The Labute approximate surface area is 182 Å². The fourth-order valence-electron chi connectivity index (χ4n) is 5.46. The van der Waals surface area contributed by atoms with Gasteiger partial charge in [-0.3, -0.25) is 14.4 Å². The highest BCUT2D eigenvalue weighted by atomic mass is 16.3. The number of likely N-dealkylation sites (N-methyl/N-ethyl adjacent to an activating group) is 1. The molecule has 2 saturated carbocycles. The van der Waals surface area contributed by atoms with Crippen LogP contribution in [-0.4, -0.2) is 73.4 Å². The predicted octanol–water partition coefficient (Wildman–Crippen LogP) is -1.38. The van der Waals surface area contributed by atoms with Gasteiger partial charge in [-0.25, -0.2) is 0 Å². The zero-order valence-corrected chi connectivity index (χ0v) is 17.1. The monoisotopic (exact) mass is 444 g/mol. The molecule has 3 aliphatic rings. The Morgan fingerprint density at radius 2 is 1.88 bits per heavy atom. The third kappa shape index (κ3) is 2.58. The van der Waals surface area contributed by atoms with Gasteiger partial charge in [0.15, 0.2) is 11.4 Å². The van der Waals surface area contributed by atoms with Crippen molar-refractivity contribution in [2.45, 2.75) is 30.8 Å². The fraction of sp³-hybridized carbons (Fsp3) is 0.409. The minimum Gasteiger partial charge on any atom is -0.507 e. The fourth-order valence-corrected chi connectivity index (χ4v) is 5.46. The van der Waals surface area contributed by atoms with Gasteiger partial charge in [0, 0.05) is 17.9 Å². The molecular formula is C22H24N2O8. The van der Waals surface area contributed by atoms with Crippen molar-refractivity contribution < 1.29 is 39.9 Å². The summed E-state index contributed by atoms with van der Waals surface area (Å²) < 4.78 is 0. The largest absolute Gasteiger partial charge is 0.507 e. The van der Waals surface area contributed by atoms with Gasteiger partial charge in [0.2, 0.25) is 11.7 Å². The zero-order valence-electron chi connectivity index (χ0n) is 17.1. The Morgan fingerprint density at radius 3 is 2.47 bits per heavy atom. The van der Waals surface area contributed by atoms with Crippen molar-refractivity contribution in [1.82, 2.24) is 5.32 Å². The van der Waals surface area contributed by atoms with Crippen LogP contribution in [0.25, 0.3) is 11.3 Å². The number of carbonyl (C=O) groups excluding carboxylic acids is 3. The first-order chi connectivity index (χ1) is 15.0. The lowest BCUT2D eigenvalue weighted by molar-refractivity contribution is -0.189. The molecule has 4 rings (SSSR count). The van der Waals surface area contributed by atoms with E-state index in [4.69, 9.17) is 5.73 Å². The number of ketones is 2. The van der Waals surface area contributed by atoms with E-state index in [1.807, 2.05) is 0 Å². The molecule has 0 spiro atoms. The van der Waals surface area contributed by atoms with Crippen LogP contribution < -0.4 is 11.1 Å². The second-order valence-corrected chi connectivity index (χ2v) is 8.40. The van der Waals surface area contributed by atoms with Crippen molar-refractivity contribution in [3.05, 3.63) is 41.5 Å². The maximum Gasteiger partial charge on any atom is 0.230 e. The number of Topliss-reactive ketones (excluding diaryl/α,β-unsaturated/α-hetero) is 2. The minimum absolute atomic E-state index is 0.121. The van der Waals surface area contributed by atoms with Gasteiger partial charge in [0.25, 0.3) is 0 Å². The van der Waals surface area contributed by atoms with Crippen molar-refractivity contribution >= 4 is 28.8 Å². The average Bonchev–Trinajstić information content (AvgIpc) is 2.72. The van der Waals surface area contributed by atoms with Gasteiger partial charge in [0.05, 0.1) is 23.3 Å². The highest BCUT2D eigenvalue weighted by Crippen LogP contribution is 2.54. The van der Waals surface area contributed by atoms with Crippen molar-refractivity contribution in [2.24, 2.45) is 23.5 Å². The molecule has 7 atom stereocenters. The lowest BCUT2D eigenvalue weighted by Gasteiger charge is -2.54. The van der Waals surface area contributed by atoms with Gasteiger partial charge in [0.1, 0.15) is 17.4 Å². The van der Waals surface area contributed by atoms with Crippen LogP contribution in [0.4, 0.5) is 0 Å². The molecule has 1 amide bonds. The number of nitrogens with one attached hydrogen (secondary N) is 1. The molecule has 10 heteroatoms. The molecule has 0 radical (unpaired) electrons. The first kappa shape index (κ1) is 22.2. The Hall–Kier alpha value is -3.05. The predicted molar refractivity (Wildman–Crippen MR) is 111 cm³/mol. The first-order valence-electron chi connectivity index (χ1n) is 10.1. The van der Waals surface area contributed by atoms with Crippen LogP contribution in [0.5, 0.6) is 5.75 Å². The number of aliphatic hydroxyl groups is 4. The summed E-state index contributed by atoms with van der Waals surface area (Å²) in [5, 5.41) is 57.5. The summed E-state index contributed by atoms with van der Waals surface area (Å²) in [5.74, 6) is -9.61. The van der Waals surface area contributed by atoms with Crippen LogP contribution in [0.3, 0.4) is 0 Å². The van der Waals surface area contributed by atoms with Crippen molar-refractivity contribution in [3.8, 4) is 5.75 Å². The number of amides is 1. The maximum atomic E-state index is 13.6. The molecular weight excluding hydrogens is 420 g/mol. The summed E-state index contributed by atoms with van der Waals surface area (Å²) in [6.45, 7) is 5.80. The summed E-state index contributed by atoms with van der Waals surface area (Å²) in [4.78, 5) is 38.7. The van der Waals surface area contributed by atoms with Crippen LogP contribution in [0.2, 0.25) is 0 Å². The summed E-state index contributed by atoms with van der Waals surface area (Å²) in [6, 6.07) is 3.06. The number of aliphatic hydroxyl groups excluding tert-OH is 3. The van der Waals surface area contributed by atoms with E-state index in [2.05, 4.69) is 11.9 Å². The molecule has 0 bridgehead atoms. The molecule has 0 aliphatic heterocycles. The smallest absolute Gasteiger partial charge is 0.230 e. The quantitative estimate of drug-likeness (QED) is 0.275. The number of primary amides is 1. The molecule has 2 fully saturated rings. The zero-order chi connectivity index (χ0) is 23.7. The second-order valence-electron chi connectivity index (χ2n) is 8.40. The highest BCUT2D eigenvalue weighted by molar-refractivity contribution is 6.26. The molecule has 1 aromatic rings. The summed E-state index contributed by atoms with van der Waals surface area (Å²) in [6.07, 6.45) is -3.37. The van der Waals surface area contributed by atoms with E-state index in [9.17, 15) is 39.9 Å². The number of hydrogen-bond donors (Lipinski definition) is 7. The van der Waals surface area contributed by atoms with Crippen molar-refractivity contribution in [1.29, 1.82) is 0 Å². The number of aromatic hydroxyl groups is 1. The number of carbonyl (C=O) groups is 3. The number of hydrogen-bond acceptors (Lipinski definition) is 9. The van der Waals surface area contributed by atoms with Gasteiger partial charge in [-0.1, -0.05) is 25.6 Å². The number of rotatable bonds is 3. The molecule has 32 heavy (non-hydrogen) atoms. The van der Waals surface area contributed by atoms with Crippen LogP contribution in [0.1, 0.15) is 18.1 Å². The van der Waals surface area contributed by atoms with Crippen LogP contribution in [-0.2, 0) is 14.4 Å². The summed E-state index contributed by atoms with van der Waals surface area (Å²) in [5.41, 5.74) is 2.18. The Bertz CT molecular complexity index is 1100. The molecule has 0 aromatic heterocycles. The van der Waals surface area contributed by atoms with Crippen LogP contribution in [0, 0.1) is 17.8 Å². The lowest BCUT2D eigenvalue weighted by Crippen LogP contribution is -2.76. The lowest BCUT2D eigenvalue weighted by atomic mass is 9.53. The third-order valence-corrected chi connectivity index (χ3v) is 6.85. The number of fused-ring (bicyclic) bond motifs is 3. The average molecular weight is 444 g/mol. The topological polar surface area (TPSA) is 190 Å².